The van der Waals surface area contributed by atoms with Gasteiger partial charge in [-0.1, -0.05) is 24.3 Å². The number of ether oxygens (including phenoxy) is 2. The van der Waals surface area contributed by atoms with E-state index in [1.807, 2.05) is 57.2 Å². The van der Waals surface area contributed by atoms with Gasteiger partial charge >= 0.3 is 0 Å². The summed E-state index contributed by atoms with van der Waals surface area (Å²) in [6.07, 6.45) is 1.72. The van der Waals surface area contributed by atoms with Crippen LogP contribution in [-0.2, 0) is 6.54 Å². The van der Waals surface area contributed by atoms with Crippen LogP contribution in [-0.4, -0.2) is 37.2 Å². The summed E-state index contributed by atoms with van der Waals surface area (Å²) in [6.45, 7) is 8.03. The highest BCUT2D eigenvalue weighted by Gasteiger charge is 2.08. The minimum absolute atomic E-state index is 0. The van der Waals surface area contributed by atoms with E-state index in [0.29, 0.717) is 19.0 Å². The molecule has 0 saturated heterocycles. The first kappa shape index (κ1) is 23.0. The van der Waals surface area contributed by atoms with E-state index in [2.05, 4.69) is 20.6 Å². The largest absolute Gasteiger partial charge is 0.489 e. The number of aromatic nitrogens is 1. The van der Waals surface area contributed by atoms with Gasteiger partial charge in [-0.05, 0) is 38.5 Å². The highest BCUT2D eigenvalue weighted by Crippen LogP contribution is 2.17. The van der Waals surface area contributed by atoms with E-state index in [1.54, 1.807) is 13.3 Å². The summed E-state index contributed by atoms with van der Waals surface area (Å²) in [6, 6.07) is 11.9. The lowest BCUT2D eigenvalue weighted by Crippen LogP contribution is -2.41. The van der Waals surface area contributed by atoms with E-state index in [0.717, 1.165) is 29.4 Å². The van der Waals surface area contributed by atoms with Gasteiger partial charge in [-0.2, -0.15) is 0 Å². The van der Waals surface area contributed by atoms with Gasteiger partial charge in [0.15, 0.2) is 5.96 Å². The molecule has 0 fully saturated rings. The van der Waals surface area contributed by atoms with Crippen molar-refractivity contribution in [3.63, 3.8) is 0 Å². The normalized spacial score (nSPS) is 11.9. The fraction of sp³-hybridized carbons (Fsp3) is 0.400. The highest BCUT2D eigenvalue weighted by molar-refractivity contribution is 14.0. The van der Waals surface area contributed by atoms with Gasteiger partial charge in [0.1, 0.15) is 11.9 Å². The molecule has 1 aromatic heterocycles. The number of nitrogens with zero attached hydrogens (tertiary/aromatic N) is 2. The Morgan fingerprint density at radius 2 is 1.96 bits per heavy atom. The summed E-state index contributed by atoms with van der Waals surface area (Å²) in [5.41, 5.74) is 2.07. The first-order valence-corrected chi connectivity index (χ1v) is 8.86. The second-order valence-corrected chi connectivity index (χ2v) is 5.94. The first-order chi connectivity index (χ1) is 12.6. The predicted molar refractivity (Wildman–Crippen MR) is 120 cm³/mol. The average Bonchev–Trinajstić information content (AvgIpc) is 2.66. The maximum absolute atomic E-state index is 6.00. The molecule has 0 bridgehead atoms. The van der Waals surface area contributed by atoms with Crippen LogP contribution in [0.3, 0.4) is 0 Å². The molecule has 2 N–H and O–H groups in total. The van der Waals surface area contributed by atoms with Gasteiger partial charge in [0.25, 0.3) is 0 Å². The number of nitrogens with one attached hydrogen (secondary N) is 2. The van der Waals surface area contributed by atoms with Crippen molar-refractivity contribution in [3.8, 4) is 11.6 Å². The molecule has 0 aliphatic heterocycles. The van der Waals surface area contributed by atoms with E-state index in [-0.39, 0.29) is 30.1 Å². The molecule has 0 radical (unpaired) electrons. The number of halogens is 1. The molecule has 1 unspecified atom stereocenters. The smallest absolute Gasteiger partial charge is 0.218 e. The van der Waals surface area contributed by atoms with Crippen molar-refractivity contribution in [2.75, 3.05) is 20.2 Å². The summed E-state index contributed by atoms with van der Waals surface area (Å²) in [5.74, 6) is 2.24. The van der Waals surface area contributed by atoms with Crippen LogP contribution < -0.4 is 20.1 Å². The number of hydrogen-bond acceptors (Lipinski definition) is 4. The molecule has 0 amide bonds. The lowest BCUT2D eigenvalue weighted by molar-refractivity contribution is 0.222. The van der Waals surface area contributed by atoms with E-state index in [4.69, 9.17) is 9.47 Å². The molecular weight excluding hydrogens is 455 g/mol. The standard InChI is InChI=1S/C20H28N4O2.HI/c1-5-21-20(24-14-17-10-8-12-22-19(17)25-4)23-13-16(3)26-18-11-7-6-9-15(18)2;/h6-12,16H,5,13-14H2,1-4H3,(H2,21,23,24);1H. The highest BCUT2D eigenvalue weighted by atomic mass is 127. The maximum atomic E-state index is 6.00. The predicted octanol–water partition coefficient (Wildman–Crippen LogP) is 3.54. The summed E-state index contributed by atoms with van der Waals surface area (Å²) in [4.78, 5) is 8.81. The van der Waals surface area contributed by atoms with E-state index in [9.17, 15) is 0 Å². The van der Waals surface area contributed by atoms with Crippen molar-refractivity contribution >= 4 is 29.9 Å². The number of rotatable bonds is 8. The molecule has 0 spiro atoms. The van der Waals surface area contributed by atoms with Gasteiger partial charge in [0.2, 0.25) is 5.88 Å². The third kappa shape index (κ3) is 7.62. The number of hydrogen-bond donors (Lipinski definition) is 2. The first-order valence-electron chi connectivity index (χ1n) is 8.86. The Hall–Kier alpha value is -2.03. The molecule has 0 aliphatic carbocycles. The Balaban J connectivity index is 0.00000364. The molecule has 2 aromatic rings. The van der Waals surface area contributed by atoms with Gasteiger partial charge in [-0.15, -0.1) is 24.0 Å². The second kappa shape index (κ2) is 12.4. The summed E-state index contributed by atoms with van der Waals surface area (Å²) < 4.78 is 11.3. The molecule has 1 atom stereocenters. The molecule has 0 aliphatic rings. The van der Waals surface area contributed by atoms with Crippen LogP contribution in [0.5, 0.6) is 11.6 Å². The van der Waals surface area contributed by atoms with E-state index >= 15 is 0 Å². The molecular formula is C20H29IN4O2. The van der Waals surface area contributed by atoms with Gasteiger partial charge in [-0.25, -0.2) is 9.98 Å². The van der Waals surface area contributed by atoms with Crippen LogP contribution in [0.2, 0.25) is 0 Å². The molecule has 2 rings (SSSR count). The molecule has 1 heterocycles. The Morgan fingerprint density at radius 1 is 1.19 bits per heavy atom. The van der Waals surface area contributed by atoms with Crippen LogP contribution in [0.25, 0.3) is 0 Å². The van der Waals surface area contributed by atoms with E-state index < -0.39 is 0 Å². The second-order valence-electron chi connectivity index (χ2n) is 5.94. The number of aryl methyl sites for hydroxylation is 1. The lowest BCUT2D eigenvalue weighted by atomic mass is 10.2. The number of methoxy groups -OCH3 is 1. The minimum Gasteiger partial charge on any atom is -0.489 e. The molecule has 0 saturated carbocycles. The van der Waals surface area contributed by atoms with Gasteiger partial charge in [0, 0.05) is 18.3 Å². The molecule has 7 heteroatoms. The zero-order valence-electron chi connectivity index (χ0n) is 16.4. The van der Waals surface area contributed by atoms with Crippen molar-refractivity contribution in [2.45, 2.75) is 33.4 Å². The fourth-order valence-corrected chi connectivity index (χ4v) is 2.42. The van der Waals surface area contributed by atoms with E-state index in [1.165, 1.54) is 0 Å². The average molecular weight is 484 g/mol. The number of aliphatic imine (C=N–C) groups is 1. The topological polar surface area (TPSA) is 67.8 Å². The zero-order valence-corrected chi connectivity index (χ0v) is 18.7. The van der Waals surface area contributed by atoms with Crippen molar-refractivity contribution < 1.29 is 9.47 Å². The van der Waals surface area contributed by atoms with Gasteiger partial charge in [-0.3, -0.25) is 0 Å². The fourth-order valence-electron chi connectivity index (χ4n) is 2.42. The van der Waals surface area contributed by atoms with Gasteiger partial charge < -0.3 is 20.1 Å². The van der Waals surface area contributed by atoms with Crippen molar-refractivity contribution in [1.29, 1.82) is 0 Å². The monoisotopic (exact) mass is 484 g/mol. The number of guanidine groups is 1. The van der Waals surface area contributed by atoms with Crippen LogP contribution in [0.15, 0.2) is 47.6 Å². The van der Waals surface area contributed by atoms with Crippen molar-refractivity contribution in [2.24, 2.45) is 4.99 Å². The molecule has 6 nitrogen and oxygen atoms in total. The number of para-hydroxylation sites is 1. The Bertz CT molecular complexity index is 725. The SMILES string of the molecule is CCNC(=NCc1cccnc1OC)NCC(C)Oc1ccccc1C.I. The quantitative estimate of drug-likeness (QED) is 0.341. The summed E-state index contributed by atoms with van der Waals surface area (Å²) >= 11 is 0. The van der Waals surface area contributed by atoms with Crippen LogP contribution in [0.1, 0.15) is 25.0 Å². The number of benzene rings is 1. The Morgan fingerprint density at radius 3 is 2.67 bits per heavy atom. The summed E-state index contributed by atoms with van der Waals surface area (Å²) in [7, 11) is 1.61. The van der Waals surface area contributed by atoms with Crippen LogP contribution in [0.4, 0.5) is 0 Å². The Kier molecular flexibility index (Phi) is 10.5. The lowest BCUT2D eigenvalue weighted by Gasteiger charge is -2.18. The summed E-state index contributed by atoms with van der Waals surface area (Å²) in [5, 5.41) is 6.56. The third-order valence-corrected chi connectivity index (χ3v) is 3.77. The Labute approximate surface area is 178 Å². The van der Waals surface area contributed by atoms with Crippen molar-refractivity contribution in [3.05, 3.63) is 53.7 Å². The zero-order chi connectivity index (χ0) is 18.8. The number of pyridine rings is 1. The maximum Gasteiger partial charge on any atom is 0.218 e. The van der Waals surface area contributed by atoms with Crippen molar-refractivity contribution in [1.82, 2.24) is 15.6 Å². The van der Waals surface area contributed by atoms with Crippen LogP contribution in [0, 0.1) is 6.92 Å². The minimum atomic E-state index is 0. The van der Waals surface area contributed by atoms with Gasteiger partial charge in [0.05, 0.1) is 20.2 Å². The third-order valence-electron chi connectivity index (χ3n) is 3.77. The molecule has 148 valence electrons. The molecule has 1 aromatic carbocycles. The van der Waals surface area contributed by atoms with Crippen LogP contribution >= 0.6 is 24.0 Å². The molecule has 27 heavy (non-hydrogen) atoms.